The lowest BCUT2D eigenvalue weighted by Gasteiger charge is -2.39. The van der Waals surface area contributed by atoms with Gasteiger partial charge in [0.2, 0.25) is 0 Å². The molecule has 0 amide bonds. The SMILES string of the molecule is CN(CCC1(N)CCC1)CC1CCCC1. The van der Waals surface area contributed by atoms with Crippen LogP contribution in [0.2, 0.25) is 0 Å². The fraction of sp³-hybridized carbons (Fsp3) is 1.00. The van der Waals surface area contributed by atoms with E-state index in [1.54, 1.807) is 0 Å². The smallest absolute Gasteiger partial charge is 0.0166 e. The molecule has 2 nitrogen and oxygen atoms in total. The van der Waals surface area contributed by atoms with Crippen LogP contribution in [-0.2, 0) is 0 Å². The molecule has 88 valence electrons. The Hall–Kier alpha value is -0.0800. The van der Waals surface area contributed by atoms with Crippen LogP contribution in [0.5, 0.6) is 0 Å². The van der Waals surface area contributed by atoms with Gasteiger partial charge in [-0.25, -0.2) is 0 Å². The van der Waals surface area contributed by atoms with Gasteiger partial charge >= 0.3 is 0 Å². The van der Waals surface area contributed by atoms with Gasteiger partial charge in [-0.3, -0.25) is 0 Å². The lowest BCUT2D eigenvalue weighted by atomic mass is 9.75. The van der Waals surface area contributed by atoms with E-state index in [1.165, 1.54) is 64.5 Å². The first kappa shape index (κ1) is 11.4. The lowest BCUT2D eigenvalue weighted by Crippen LogP contribution is -2.48. The normalized spacial score (nSPS) is 25.8. The molecule has 0 spiro atoms. The van der Waals surface area contributed by atoms with Crippen LogP contribution in [-0.4, -0.2) is 30.6 Å². The van der Waals surface area contributed by atoms with E-state index in [0.29, 0.717) is 0 Å². The van der Waals surface area contributed by atoms with Crippen LogP contribution in [0, 0.1) is 5.92 Å². The fourth-order valence-corrected chi connectivity index (χ4v) is 3.02. The Morgan fingerprint density at radius 3 is 2.40 bits per heavy atom. The van der Waals surface area contributed by atoms with Crippen molar-refractivity contribution in [3.05, 3.63) is 0 Å². The fourth-order valence-electron chi connectivity index (χ4n) is 3.02. The Morgan fingerprint density at radius 2 is 1.87 bits per heavy atom. The molecule has 0 aromatic carbocycles. The van der Waals surface area contributed by atoms with Crippen LogP contribution >= 0.6 is 0 Å². The van der Waals surface area contributed by atoms with Crippen LogP contribution in [0.25, 0.3) is 0 Å². The van der Waals surface area contributed by atoms with Crippen molar-refractivity contribution in [2.75, 3.05) is 20.1 Å². The molecular weight excluding hydrogens is 184 g/mol. The molecule has 2 N–H and O–H groups in total. The lowest BCUT2D eigenvalue weighted by molar-refractivity contribution is 0.186. The van der Waals surface area contributed by atoms with E-state index in [2.05, 4.69) is 11.9 Å². The van der Waals surface area contributed by atoms with Gasteiger partial charge < -0.3 is 10.6 Å². The van der Waals surface area contributed by atoms with Gasteiger partial charge in [0.25, 0.3) is 0 Å². The van der Waals surface area contributed by atoms with Crippen molar-refractivity contribution in [3.8, 4) is 0 Å². The Balaban J connectivity index is 1.61. The van der Waals surface area contributed by atoms with Gasteiger partial charge in [0.05, 0.1) is 0 Å². The molecule has 0 radical (unpaired) electrons. The van der Waals surface area contributed by atoms with E-state index in [-0.39, 0.29) is 5.54 Å². The first-order valence-corrected chi connectivity index (χ1v) is 6.65. The average Bonchev–Trinajstić information content (AvgIpc) is 2.64. The minimum Gasteiger partial charge on any atom is -0.325 e. The molecule has 0 unspecified atom stereocenters. The summed E-state index contributed by atoms with van der Waals surface area (Å²) in [6.07, 6.45) is 10.9. The highest BCUT2D eigenvalue weighted by Crippen LogP contribution is 2.32. The zero-order valence-electron chi connectivity index (χ0n) is 10.2. The standard InChI is InChI=1S/C13H26N2/c1-15(11-12-5-2-3-6-12)10-9-13(14)7-4-8-13/h12H,2-11,14H2,1H3. The van der Waals surface area contributed by atoms with Gasteiger partial charge in [-0.1, -0.05) is 12.8 Å². The Kier molecular flexibility index (Phi) is 3.68. The topological polar surface area (TPSA) is 29.3 Å². The molecule has 0 heterocycles. The Bertz CT molecular complexity index is 193. The molecule has 0 aromatic rings. The number of rotatable bonds is 5. The molecule has 0 aliphatic heterocycles. The molecule has 0 aromatic heterocycles. The summed E-state index contributed by atoms with van der Waals surface area (Å²) in [5, 5.41) is 0. The minimum absolute atomic E-state index is 0.212. The Morgan fingerprint density at radius 1 is 1.20 bits per heavy atom. The summed E-state index contributed by atoms with van der Waals surface area (Å²) in [5.41, 5.74) is 6.44. The van der Waals surface area contributed by atoms with Crippen LogP contribution in [0.3, 0.4) is 0 Å². The Labute approximate surface area is 94.2 Å². The highest BCUT2D eigenvalue weighted by Gasteiger charge is 2.32. The van der Waals surface area contributed by atoms with E-state index in [4.69, 9.17) is 5.73 Å². The van der Waals surface area contributed by atoms with Crippen LogP contribution < -0.4 is 5.73 Å². The van der Waals surface area contributed by atoms with Gasteiger partial charge in [-0.15, -0.1) is 0 Å². The number of hydrogen-bond acceptors (Lipinski definition) is 2. The van der Waals surface area contributed by atoms with Crippen molar-refractivity contribution in [2.45, 2.75) is 56.9 Å². The summed E-state index contributed by atoms with van der Waals surface area (Å²) in [6, 6.07) is 0. The van der Waals surface area contributed by atoms with Crippen LogP contribution in [0.1, 0.15) is 51.4 Å². The second-order valence-electron chi connectivity index (χ2n) is 5.88. The van der Waals surface area contributed by atoms with Gasteiger partial charge in [0.15, 0.2) is 0 Å². The summed E-state index contributed by atoms with van der Waals surface area (Å²) in [5.74, 6) is 0.977. The highest BCUT2D eigenvalue weighted by atomic mass is 15.1. The maximum Gasteiger partial charge on any atom is 0.0166 e. The second-order valence-corrected chi connectivity index (χ2v) is 5.88. The van der Waals surface area contributed by atoms with E-state index >= 15 is 0 Å². The molecule has 2 aliphatic carbocycles. The summed E-state index contributed by atoms with van der Waals surface area (Å²) >= 11 is 0. The molecule has 2 rings (SSSR count). The summed E-state index contributed by atoms with van der Waals surface area (Å²) in [6.45, 7) is 2.50. The van der Waals surface area contributed by atoms with E-state index < -0.39 is 0 Å². The van der Waals surface area contributed by atoms with E-state index in [0.717, 1.165) is 5.92 Å². The number of nitrogens with two attached hydrogens (primary N) is 1. The van der Waals surface area contributed by atoms with Crippen molar-refractivity contribution >= 4 is 0 Å². The zero-order valence-corrected chi connectivity index (χ0v) is 10.2. The quantitative estimate of drug-likeness (QED) is 0.755. The maximum absolute atomic E-state index is 6.23. The molecule has 0 bridgehead atoms. The molecule has 0 saturated heterocycles. The molecule has 0 atom stereocenters. The first-order chi connectivity index (χ1) is 7.18. The third-order valence-corrected chi connectivity index (χ3v) is 4.39. The predicted octanol–water partition coefficient (Wildman–Crippen LogP) is 2.38. The van der Waals surface area contributed by atoms with Crippen molar-refractivity contribution < 1.29 is 0 Å². The molecular formula is C13H26N2. The average molecular weight is 210 g/mol. The van der Waals surface area contributed by atoms with Crippen molar-refractivity contribution in [3.63, 3.8) is 0 Å². The van der Waals surface area contributed by atoms with Gasteiger partial charge in [-0.05, 0) is 58.0 Å². The molecule has 2 saturated carbocycles. The summed E-state index contributed by atoms with van der Waals surface area (Å²) in [7, 11) is 2.26. The van der Waals surface area contributed by atoms with E-state index in [1.807, 2.05) is 0 Å². The second kappa shape index (κ2) is 4.84. The monoisotopic (exact) mass is 210 g/mol. The van der Waals surface area contributed by atoms with Crippen LogP contribution in [0.4, 0.5) is 0 Å². The molecule has 2 heteroatoms. The maximum atomic E-state index is 6.23. The predicted molar refractivity (Wildman–Crippen MR) is 64.8 cm³/mol. The third kappa shape index (κ3) is 3.18. The van der Waals surface area contributed by atoms with Crippen molar-refractivity contribution in [1.82, 2.24) is 4.90 Å². The minimum atomic E-state index is 0.212. The summed E-state index contributed by atoms with van der Waals surface area (Å²) in [4.78, 5) is 2.50. The molecule has 15 heavy (non-hydrogen) atoms. The van der Waals surface area contributed by atoms with E-state index in [9.17, 15) is 0 Å². The first-order valence-electron chi connectivity index (χ1n) is 6.65. The van der Waals surface area contributed by atoms with Crippen LogP contribution in [0.15, 0.2) is 0 Å². The molecule has 2 aliphatic rings. The van der Waals surface area contributed by atoms with Crippen molar-refractivity contribution in [2.24, 2.45) is 11.7 Å². The van der Waals surface area contributed by atoms with Gasteiger partial charge in [-0.2, -0.15) is 0 Å². The third-order valence-electron chi connectivity index (χ3n) is 4.39. The number of nitrogens with zero attached hydrogens (tertiary/aromatic N) is 1. The summed E-state index contributed by atoms with van der Waals surface area (Å²) < 4.78 is 0. The zero-order chi connectivity index (χ0) is 10.7. The number of hydrogen-bond donors (Lipinski definition) is 1. The van der Waals surface area contributed by atoms with Gasteiger partial charge in [0.1, 0.15) is 0 Å². The molecule has 2 fully saturated rings. The van der Waals surface area contributed by atoms with Crippen molar-refractivity contribution in [1.29, 1.82) is 0 Å². The highest BCUT2D eigenvalue weighted by molar-refractivity contribution is 4.92. The largest absolute Gasteiger partial charge is 0.325 e. The van der Waals surface area contributed by atoms with Gasteiger partial charge in [0, 0.05) is 12.1 Å².